The van der Waals surface area contributed by atoms with Crippen molar-refractivity contribution < 1.29 is 29.5 Å². The number of ether oxygens (including phenoxy) is 3. The van der Waals surface area contributed by atoms with Crippen LogP contribution < -0.4 is 0 Å². The van der Waals surface area contributed by atoms with E-state index in [2.05, 4.69) is 46.4 Å². The summed E-state index contributed by atoms with van der Waals surface area (Å²) in [5, 5.41) is 34.0. The summed E-state index contributed by atoms with van der Waals surface area (Å²) in [5.41, 5.74) is -0.727. The van der Waals surface area contributed by atoms with E-state index in [1.807, 2.05) is 0 Å². The fourth-order valence-electron chi connectivity index (χ4n) is 13.4. The molecule has 5 aliphatic carbocycles. The van der Waals surface area contributed by atoms with Crippen LogP contribution in [0.1, 0.15) is 107 Å². The van der Waals surface area contributed by atoms with E-state index < -0.39 is 23.9 Å². The first-order valence-corrected chi connectivity index (χ1v) is 17.8. The van der Waals surface area contributed by atoms with Gasteiger partial charge in [-0.2, -0.15) is 0 Å². The second-order valence-corrected chi connectivity index (χ2v) is 18.0. The molecule has 43 heavy (non-hydrogen) atoms. The van der Waals surface area contributed by atoms with Gasteiger partial charge in [0.25, 0.3) is 0 Å². The number of aliphatic hydroxyl groups is 3. The van der Waals surface area contributed by atoms with Gasteiger partial charge >= 0.3 is 0 Å². The number of morpholine rings is 1. The maximum Gasteiger partial charge on any atom is 0.170 e. The molecule has 7 rings (SSSR count). The average molecular weight is 604 g/mol. The van der Waals surface area contributed by atoms with Gasteiger partial charge in [0.2, 0.25) is 0 Å². The Hall–Kier alpha value is -0.280. The molecule has 246 valence electrons. The highest BCUT2D eigenvalue weighted by atomic mass is 16.7. The fourth-order valence-corrected chi connectivity index (χ4v) is 13.4. The molecule has 0 bridgehead atoms. The molecule has 0 aromatic carbocycles. The summed E-state index contributed by atoms with van der Waals surface area (Å²) in [6.45, 7) is 21.4. The Balaban J connectivity index is 1.14. The van der Waals surface area contributed by atoms with Crippen LogP contribution in [-0.4, -0.2) is 88.9 Å². The van der Waals surface area contributed by atoms with Crippen LogP contribution in [0.2, 0.25) is 0 Å². The Labute approximate surface area is 260 Å². The molecule has 7 nitrogen and oxygen atoms in total. The minimum atomic E-state index is -1.24. The number of hydrogen-bond donors (Lipinski definition) is 3. The molecule has 7 fully saturated rings. The predicted octanol–water partition coefficient (Wildman–Crippen LogP) is 5.00. The van der Waals surface area contributed by atoms with Gasteiger partial charge in [-0.3, -0.25) is 4.90 Å². The van der Waals surface area contributed by atoms with Crippen LogP contribution in [0.3, 0.4) is 0 Å². The van der Waals surface area contributed by atoms with E-state index in [1.54, 1.807) is 13.8 Å². The van der Waals surface area contributed by atoms with E-state index in [9.17, 15) is 15.3 Å². The van der Waals surface area contributed by atoms with Crippen molar-refractivity contribution >= 4 is 0 Å². The normalized spacial score (nSPS) is 54.9. The molecule has 0 aromatic rings. The Morgan fingerprint density at radius 3 is 2.42 bits per heavy atom. The maximum atomic E-state index is 12.4. The van der Waals surface area contributed by atoms with Crippen LogP contribution in [0.25, 0.3) is 0 Å². The minimum absolute atomic E-state index is 0.00695. The summed E-state index contributed by atoms with van der Waals surface area (Å²) < 4.78 is 19.6. The third kappa shape index (κ3) is 4.04. The van der Waals surface area contributed by atoms with Crippen LogP contribution in [0.4, 0.5) is 0 Å². The van der Waals surface area contributed by atoms with Crippen molar-refractivity contribution in [1.29, 1.82) is 0 Å². The average Bonchev–Trinajstić information content (AvgIpc) is 3.58. The van der Waals surface area contributed by atoms with E-state index >= 15 is 0 Å². The first kappa shape index (κ1) is 31.3. The van der Waals surface area contributed by atoms with Gasteiger partial charge in [0.05, 0.1) is 36.6 Å². The molecule has 2 saturated heterocycles. The number of aliphatic hydroxyl groups excluding tert-OH is 2. The summed E-state index contributed by atoms with van der Waals surface area (Å²) in [6.07, 6.45) is 6.96. The lowest BCUT2D eigenvalue weighted by atomic mass is 9.41. The summed E-state index contributed by atoms with van der Waals surface area (Å²) in [6, 6.07) is 0. The van der Waals surface area contributed by atoms with Gasteiger partial charge in [-0.25, -0.2) is 0 Å². The number of fused-ring (bicyclic) bond motifs is 4. The van der Waals surface area contributed by atoms with E-state index in [4.69, 9.17) is 14.2 Å². The van der Waals surface area contributed by atoms with E-state index in [0.29, 0.717) is 28.6 Å². The molecule has 14 atom stereocenters. The molecular weight excluding hydrogens is 542 g/mol. The highest BCUT2D eigenvalue weighted by Crippen LogP contribution is 2.89. The second kappa shape index (κ2) is 9.87. The molecule has 4 unspecified atom stereocenters. The SMILES string of the molecule is CCN1CCO[C@@H](OC2CC[C@]34C[C@]35CC[C@]3(C)[C@@H]6C(OC([C@H](O)C(C)(C)O)C[C@H]6C)[C@H](O)[C@@]3(C)C5CC[C@H]4C2(C)C)C1. The van der Waals surface area contributed by atoms with E-state index in [1.165, 1.54) is 32.1 Å². The molecule has 7 heteroatoms. The smallest absolute Gasteiger partial charge is 0.170 e. The zero-order chi connectivity index (χ0) is 31.0. The third-order valence-electron chi connectivity index (χ3n) is 15.7. The highest BCUT2D eigenvalue weighted by Gasteiger charge is 2.84. The van der Waals surface area contributed by atoms with Gasteiger partial charge in [-0.15, -0.1) is 0 Å². The lowest BCUT2D eigenvalue weighted by Crippen LogP contribution is -2.60. The van der Waals surface area contributed by atoms with Crippen molar-refractivity contribution in [2.24, 2.45) is 50.7 Å². The van der Waals surface area contributed by atoms with Crippen molar-refractivity contribution in [1.82, 2.24) is 4.90 Å². The summed E-state index contributed by atoms with van der Waals surface area (Å²) in [7, 11) is 0. The summed E-state index contributed by atoms with van der Waals surface area (Å²) >= 11 is 0. The van der Waals surface area contributed by atoms with Crippen LogP contribution in [0.5, 0.6) is 0 Å². The fraction of sp³-hybridized carbons (Fsp3) is 1.00. The molecule has 0 aromatic heterocycles. The molecule has 2 aliphatic heterocycles. The topological polar surface area (TPSA) is 91.6 Å². The zero-order valence-corrected chi connectivity index (χ0v) is 28.3. The maximum absolute atomic E-state index is 12.4. The molecule has 5 saturated carbocycles. The monoisotopic (exact) mass is 603 g/mol. The van der Waals surface area contributed by atoms with Gasteiger partial charge in [-0.05, 0) is 117 Å². The van der Waals surface area contributed by atoms with E-state index in [-0.39, 0.29) is 40.7 Å². The van der Waals surface area contributed by atoms with Gasteiger partial charge in [-0.1, -0.05) is 41.5 Å². The molecule has 3 N–H and O–H groups in total. The molecule has 2 heterocycles. The molecular formula is C36H61NO6. The largest absolute Gasteiger partial charge is 0.390 e. The number of likely N-dealkylation sites (N-methyl/N-ethyl adjacent to an activating group) is 1. The second-order valence-electron chi connectivity index (χ2n) is 18.0. The number of hydrogen-bond acceptors (Lipinski definition) is 7. The number of nitrogens with zero attached hydrogens (tertiary/aromatic N) is 1. The van der Waals surface area contributed by atoms with Crippen LogP contribution >= 0.6 is 0 Å². The summed E-state index contributed by atoms with van der Waals surface area (Å²) in [4.78, 5) is 2.44. The molecule has 0 amide bonds. The van der Waals surface area contributed by atoms with E-state index in [0.717, 1.165) is 45.5 Å². The molecule has 0 radical (unpaired) electrons. The zero-order valence-electron chi connectivity index (χ0n) is 28.3. The minimum Gasteiger partial charge on any atom is -0.390 e. The van der Waals surface area contributed by atoms with Crippen molar-refractivity contribution in [2.45, 2.75) is 149 Å². The first-order valence-electron chi connectivity index (χ1n) is 17.8. The number of rotatable bonds is 5. The third-order valence-corrected chi connectivity index (χ3v) is 15.7. The Kier molecular flexibility index (Phi) is 7.19. The lowest BCUT2D eigenvalue weighted by Gasteiger charge is -2.64. The predicted molar refractivity (Wildman–Crippen MR) is 165 cm³/mol. The van der Waals surface area contributed by atoms with Gasteiger partial charge in [0, 0.05) is 18.5 Å². The first-order chi connectivity index (χ1) is 20.1. The van der Waals surface area contributed by atoms with Crippen LogP contribution in [0.15, 0.2) is 0 Å². The van der Waals surface area contributed by atoms with Gasteiger partial charge < -0.3 is 29.5 Å². The quantitative estimate of drug-likeness (QED) is 0.408. The molecule has 7 aliphatic rings. The Morgan fingerprint density at radius 1 is 1.02 bits per heavy atom. The molecule has 2 spiro atoms. The lowest BCUT2D eigenvalue weighted by molar-refractivity contribution is -0.248. The van der Waals surface area contributed by atoms with Gasteiger partial charge in [0.1, 0.15) is 6.10 Å². The van der Waals surface area contributed by atoms with Crippen LogP contribution in [-0.2, 0) is 14.2 Å². The Bertz CT molecular complexity index is 1090. The standard InChI is InChI=1S/C36H61NO6/c1-9-37-16-17-41-26(19-37)43-25-12-13-35-20-36(35)15-14-33(7)27-21(2)18-22(29(38)32(5,6)40)42-28(27)30(39)34(33,8)24(36)11-10-23(35)31(25,3)4/h21-30,38-40H,9-20H2,1-8H3/t21-,22?,23+,24?,25?,26+,27+,28?,29+,30+,33-,34-,35-,36+/m1/s1. The van der Waals surface area contributed by atoms with Crippen molar-refractivity contribution in [3.05, 3.63) is 0 Å². The summed E-state index contributed by atoms with van der Waals surface area (Å²) in [5.74, 6) is 1.70. The van der Waals surface area contributed by atoms with Crippen LogP contribution in [0, 0.1) is 50.7 Å². The van der Waals surface area contributed by atoms with Gasteiger partial charge in [0.15, 0.2) is 6.29 Å². The highest BCUT2D eigenvalue weighted by molar-refractivity contribution is 5.33. The van der Waals surface area contributed by atoms with Crippen molar-refractivity contribution in [3.8, 4) is 0 Å². The van der Waals surface area contributed by atoms with Crippen molar-refractivity contribution in [2.75, 3.05) is 26.2 Å². The Morgan fingerprint density at radius 2 is 1.72 bits per heavy atom. The van der Waals surface area contributed by atoms with Crippen molar-refractivity contribution in [3.63, 3.8) is 0 Å².